The lowest BCUT2D eigenvalue weighted by molar-refractivity contribution is -0.138. The highest BCUT2D eigenvalue weighted by Crippen LogP contribution is 2.18. The minimum atomic E-state index is -0.172. The van der Waals surface area contributed by atoms with Crippen molar-refractivity contribution >= 4 is 5.97 Å². The largest absolute Gasteiger partial charge is 0.463 e. The number of carbonyl (C=O) groups is 1. The van der Waals surface area contributed by atoms with Crippen molar-refractivity contribution in [2.45, 2.75) is 20.3 Å². The lowest BCUT2D eigenvalue weighted by atomic mass is 9.96. The summed E-state index contributed by atoms with van der Waals surface area (Å²) in [5.41, 5.74) is 0.784. The van der Waals surface area contributed by atoms with E-state index in [2.05, 4.69) is 13.0 Å². The molecule has 0 saturated heterocycles. The van der Waals surface area contributed by atoms with Gasteiger partial charge in [-0.05, 0) is 19.3 Å². The minimum absolute atomic E-state index is 0.172. The SMILES string of the molecule is CCOC(=O)C1=CC=CC(C)C1. The molecule has 1 aliphatic rings. The van der Waals surface area contributed by atoms with Crippen LogP contribution in [-0.2, 0) is 9.53 Å². The Hall–Kier alpha value is -1.05. The van der Waals surface area contributed by atoms with Crippen molar-refractivity contribution in [1.82, 2.24) is 0 Å². The van der Waals surface area contributed by atoms with Gasteiger partial charge in [-0.3, -0.25) is 0 Å². The van der Waals surface area contributed by atoms with E-state index in [4.69, 9.17) is 4.74 Å². The third kappa shape index (κ3) is 2.22. The van der Waals surface area contributed by atoms with E-state index in [1.54, 1.807) is 0 Å². The Kier molecular flexibility index (Phi) is 3.09. The first kappa shape index (κ1) is 9.04. The Morgan fingerprint density at radius 2 is 2.50 bits per heavy atom. The molecule has 0 aromatic heterocycles. The Bertz CT molecular complexity index is 226. The number of ether oxygens (including phenoxy) is 1. The zero-order chi connectivity index (χ0) is 8.97. The molecule has 0 aromatic rings. The van der Waals surface area contributed by atoms with Gasteiger partial charge in [0.05, 0.1) is 6.61 Å². The van der Waals surface area contributed by atoms with Crippen LogP contribution in [-0.4, -0.2) is 12.6 Å². The van der Waals surface area contributed by atoms with E-state index < -0.39 is 0 Å². The Morgan fingerprint density at radius 1 is 1.75 bits per heavy atom. The van der Waals surface area contributed by atoms with E-state index >= 15 is 0 Å². The monoisotopic (exact) mass is 166 g/mol. The molecule has 0 N–H and O–H groups in total. The second-order valence-corrected chi connectivity index (χ2v) is 2.98. The lowest BCUT2D eigenvalue weighted by Gasteiger charge is -2.12. The fraction of sp³-hybridized carbons (Fsp3) is 0.500. The summed E-state index contributed by atoms with van der Waals surface area (Å²) in [5.74, 6) is 0.281. The highest BCUT2D eigenvalue weighted by Gasteiger charge is 2.14. The number of allylic oxidation sites excluding steroid dienone is 3. The fourth-order valence-corrected chi connectivity index (χ4v) is 1.22. The maximum absolute atomic E-state index is 11.2. The molecule has 0 aliphatic heterocycles. The quantitative estimate of drug-likeness (QED) is 0.587. The van der Waals surface area contributed by atoms with Gasteiger partial charge in [0.1, 0.15) is 0 Å². The van der Waals surface area contributed by atoms with E-state index in [1.165, 1.54) is 0 Å². The molecule has 1 aliphatic carbocycles. The molecule has 1 rings (SSSR count). The van der Waals surface area contributed by atoms with Gasteiger partial charge in [0.15, 0.2) is 0 Å². The average Bonchev–Trinajstić information content (AvgIpc) is 2.05. The molecule has 1 unspecified atom stereocenters. The van der Waals surface area contributed by atoms with Crippen LogP contribution < -0.4 is 0 Å². The molecule has 0 amide bonds. The van der Waals surface area contributed by atoms with Gasteiger partial charge in [-0.15, -0.1) is 0 Å². The molecule has 2 heteroatoms. The van der Waals surface area contributed by atoms with E-state index in [1.807, 2.05) is 19.1 Å². The Balaban J connectivity index is 2.57. The smallest absolute Gasteiger partial charge is 0.334 e. The van der Waals surface area contributed by atoms with Crippen LogP contribution in [0.2, 0.25) is 0 Å². The standard InChI is InChI=1S/C10H14O2/c1-3-12-10(11)9-6-4-5-8(2)7-9/h4-6,8H,3,7H2,1-2H3. The molecule has 1 atom stereocenters. The molecule has 0 fully saturated rings. The highest BCUT2D eigenvalue weighted by atomic mass is 16.5. The number of esters is 1. The first-order valence-electron chi connectivity index (χ1n) is 4.28. The van der Waals surface area contributed by atoms with Crippen LogP contribution in [0.4, 0.5) is 0 Å². The van der Waals surface area contributed by atoms with Crippen molar-refractivity contribution in [2.75, 3.05) is 6.61 Å². The molecule has 0 bridgehead atoms. The molecule has 0 heterocycles. The third-order valence-electron chi connectivity index (χ3n) is 1.82. The molecule has 0 saturated carbocycles. The van der Waals surface area contributed by atoms with Crippen molar-refractivity contribution in [3.8, 4) is 0 Å². The number of hydrogen-bond acceptors (Lipinski definition) is 2. The molecule has 0 radical (unpaired) electrons. The molecule has 2 nitrogen and oxygen atoms in total. The van der Waals surface area contributed by atoms with Gasteiger partial charge in [-0.1, -0.05) is 25.2 Å². The Labute approximate surface area is 72.9 Å². The topological polar surface area (TPSA) is 26.3 Å². The van der Waals surface area contributed by atoms with Gasteiger partial charge in [0.2, 0.25) is 0 Å². The first-order chi connectivity index (χ1) is 5.74. The summed E-state index contributed by atoms with van der Waals surface area (Å²) in [6.45, 7) is 4.36. The summed E-state index contributed by atoms with van der Waals surface area (Å²) in [4.78, 5) is 11.2. The van der Waals surface area contributed by atoms with Crippen LogP contribution >= 0.6 is 0 Å². The predicted molar refractivity (Wildman–Crippen MR) is 47.6 cm³/mol. The number of rotatable bonds is 2. The summed E-state index contributed by atoms with van der Waals surface area (Å²) in [7, 11) is 0. The van der Waals surface area contributed by atoms with Gasteiger partial charge in [-0.2, -0.15) is 0 Å². The maximum atomic E-state index is 11.2. The molecule has 0 spiro atoms. The van der Waals surface area contributed by atoms with Gasteiger partial charge >= 0.3 is 5.97 Å². The third-order valence-corrected chi connectivity index (χ3v) is 1.82. The van der Waals surface area contributed by atoms with E-state index in [9.17, 15) is 4.79 Å². The first-order valence-corrected chi connectivity index (χ1v) is 4.28. The van der Waals surface area contributed by atoms with Crippen LogP contribution in [0, 0.1) is 5.92 Å². The van der Waals surface area contributed by atoms with Crippen LogP contribution in [0.25, 0.3) is 0 Å². The van der Waals surface area contributed by atoms with E-state index in [-0.39, 0.29) is 5.97 Å². The molecule has 66 valence electrons. The van der Waals surface area contributed by atoms with Crippen LogP contribution in [0.3, 0.4) is 0 Å². The summed E-state index contributed by atoms with van der Waals surface area (Å²) in [5, 5.41) is 0. The van der Waals surface area contributed by atoms with Gasteiger partial charge < -0.3 is 4.74 Å². The molecular weight excluding hydrogens is 152 g/mol. The normalized spacial score (nSPS) is 21.8. The van der Waals surface area contributed by atoms with Gasteiger partial charge in [-0.25, -0.2) is 4.79 Å². The van der Waals surface area contributed by atoms with Crippen molar-refractivity contribution in [3.63, 3.8) is 0 Å². The summed E-state index contributed by atoms with van der Waals surface area (Å²) >= 11 is 0. The summed E-state index contributed by atoms with van der Waals surface area (Å²) in [6, 6.07) is 0. The van der Waals surface area contributed by atoms with Crippen molar-refractivity contribution in [2.24, 2.45) is 5.92 Å². The fourth-order valence-electron chi connectivity index (χ4n) is 1.22. The van der Waals surface area contributed by atoms with Crippen LogP contribution in [0.15, 0.2) is 23.8 Å². The minimum Gasteiger partial charge on any atom is -0.463 e. The van der Waals surface area contributed by atoms with E-state index in [0.717, 1.165) is 12.0 Å². The zero-order valence-electron chi connectivity index (χ0n) is 7.54. The maximum Gasteiger partial charge on any atom is 0.334 e. The number of hydrogen-bond donors (Lipinski definition) is 0. The lowest BCUT2D eigenvalue weighted by Crippen LogP contribution is -2.11. The zero-order valence-corrected chi connectivity index (χ0v) is 7.54. The molecular formula is C10H14O2. The summed E-state index contributed by atoms with van der Waals surface area (Å²) < 4.78 is 4.89. The summed E-state index contributed by atoms with van der Waals surface area (Å²) in [6.07, 6.45) is 6.64. The predicted octanol–water partition coefficient (Wildman–Crippen LogP) is 2.07. The van der Waals surface area contributed by atoms with Crippen LogP contribution in [0.1, 0.15) is 20.3 Å². The van der Waals surface area contributed by atoms with Crippen molar-refractivity contribution in [3.05, 3.63) is 23.8 Å². The molecule has 12 heavy (non-hydrogen) atoms. The van der Waals surface area contributed by atoms with Gasteiger partial charge in [0, 0.05) is 5.57 Å². The molecule has 0 aromatic carbocycles. The van der Waals surface area contributed by atoms with Gasteiger partial charge in [0.25, 0.3) is 0 Å². The average molecular weight is 166 g/mol. The number of carbonyl (C=O) groups excluding carboxylic acids is 1. The van der Waals surface area contributed by atoms with Crippen molar-refractivity contribution in [1.29, 1.82) is 0 Å². The highest BCUT2D eigenvalue weighted by molar-refractivity contribution is 5.89. The second-order valence-electron chi connectivity index (χ2n) is 2.98. The Morgan fingerprint density at radius 3 is 3.08 bits per heavy atom. The van der Waals surface area contributed by atoms with Crippen molar-refractivity contribution < 1.29 is 9.53 Å². The second kappa shape index (κ2) is 4.10. The van der Waals surface area contributed by atoms with Crippen LogP contribution in [0.5, 0.6) is 0 Å². The van der Waals surface area contributed by atoms with E-state index in [0.29, 0.717) is 12.5 Å².